The molecular weight excluding hydrogens is 476 g/mol. The van der Waals surface area contributed by atoms with E-state index in [0.29, 0.717) is 48.3 Å². The van der Waals surface area contributed by atoms with E-state index in [4.69, 9.17) is 0 Å². The van der Waals surface area contributed by atoms with Crippen LogP contribution in [0.5, 0.6) is 0 Å². The number of unbranched alkanes of at least 4 members (excludes halogenated alkanes) is 1. The van der Waals surface area contributed by atoms with Crippen molar-refractivity contribution in [1.82, 2.24) is 14.5 Å². The lowest BCUT2D eigenvalue weighted by atomic mass is 10.1. The molecule has 1 aromatic heterocycles. The van der Waals surface area contributed by atoms with Crippen LogP contribution in [0.15, 0.2) is 63.0 Å². The molecule has 0 saturated carbocycles. The minimum atomic E-state index is -0.534. The van der Waals surface area contributed by atoms with E-state index in [1.165, 1.54) is 9.13 Å². The monoisotopic (exact) mass is 510 g/mol. The lowest BCUT2D eigenvalue weighted by molar-refractivity contribution is -0.121. The van der Waals surface area contributed by atoms with Gasteiger partial charge >= 0.3 is 5.69 Å². The van der Waals surface area contributed by atoms with Gasteiger partial charge in [0.25, 0.3) is 5.56 Å². The summed E-state index contributed by atoms with van der Waals surface area (Å²) in [4.78, 5) is 52.2. The first-order chi connectivity index (χ1) is 17.3. The number of benzene rings is 2. The van der Waals surface area contributed by atoms with E-state index < -0.39 is 5.69 Å². The maximum Gasteiger partial charge on any atom is 0.331 e. The first kappa shape index (κ1) is 27.3. The molecule has 2 aromatic carbocycles. The SMILES string of the molecule is CSc1cccc(NC(=O)Cn2c(=O)n(CCCCC(=O)NCCC(C)C)c(=O)c3ccccc32)c1. The number of anilines is 1. The highest BCUT2D eigenvalue weighted by Crippen LogP contribution is 2.19. The zero-order valence-electron chi connectivity index (χ0n) is 21.1. The molecule has 3 aromatic rings. The van der Waals surface area contributed by atoms with Gasteiger partial charge in [-0.15, -0.1) is 11.8 Å². The third kappa shape index (κ3) is 7.34. The van der Waals surface area contributed by atoms with E-state index in [2.05, 4.69) is 24.5 Å². The number of thioether (sulfide) groups is 1. The molecule has 0 atom stereocenters. The number of carbonyl (C=O) groups is 2. The standard InChI is InChI=1S/C27H34N4O4S/c1-19(2)14-15-28-24(32)13-6-7-16-30-26(34)22-11-4-5-12-23(22)31(27(30)35)18-25(33)29-20-9-8-10-21(17-20)36-3/h4-5,8-12,17,19H,6-7,13-16,18H2,1-3H3,(H,28,32)(H,29,33). The van der Waals surface area contributed by atoms with Gasteiger partial charge in [-0.3, -0.25) is 23.5 Å². The van der Waals surface area contributed by atoms with Crippen LogP contribution in [0.4, 0.5) is 5.69 Å². The van der Waals surface area contributed by atoms with Crippen molar-refractivity contribution < 1.29 is 9.59 Å². The number of hydrogen-bond donors (Lipinski definition) is 2. The van der Waals surface area contributed by atoms with Crippen LogP contribution in [0.1, 0.15) is 39.5 Å². The lowest BCUT2D eigenvalue weighted by Crippen LogP contribution is -2.41. The summed E-state index contributed by atoms with van der Waals surface area (Å²) >= 11 is 1.57. The van der Waals surface area contributed by atoms with Gasteiger partial charge in [-0.05, 0) is 61.8 Å². The Morgan fingerprint density at radius 3 is 2.50 bits per heavy atom. The number of nitrogens with zero attached hydrogens (tertiary/aromatic N) is 2. The molecule has 192 valence electrons. The van der Waals surface area contributed by atoms with Gasteiger partial charge in [-0.2, -0.15) is 0 Å². The number of rotatable bonds is 12. The third-order valence-electron chi connectivity index (χ3n) is 5.87. The van der Waals surface area contributed by atoms with E-state index in [9.17, 15) is 19.2 Å². The van der Waals surface area contributed by atoms with Crippen molar-refractivity contribution in [2.45, 2.75) is 57.5 Å². The topological polar surface area (TPSA) is 102 Å². The van der Waals surface area contributed by atoms with E-state index in [-0.39, 0.29) is 30.5 Å². The quantitative estimate of drug-likeness (QED) is 0.285. The number of para-hydroxylation sites is 1. The van der Waals surface area contributed by atoms with Gasteiger partial charge in [0.2, 0.25) is 11.8 Å². The normalized spacial score (nSPS) is 11.1. The predicted octanol–water partition coefficient (Wildman–Crippen LogP) is 3.86. The Kier molecular flexibility index (Phi) is 9.93. The summed E-state index contributed by atoms with van der Waals surface area (Å²) in [6.45, 7) is 4.81. The van der Waals surface area contributed by atoms with Crippen molar-refractivity contribution >= 4 is 40.2 Å². The smallest absolute Gasteiger partial charge is 0.331 e. The number of nitrogens with one attached hydrogen (secondary N) is 2. The molecule has 0 unspecified atom stereocenters. The van der Waals surface area contributed by atoms with Gasteiger partial charge in [0, 0.05) is 30.1 Å². The van der Waals surface area contributed by atoms with Crippen molar-refractivity contribution in [2.75, 3.05) is 18.1 Å². The molecule has 3 rings (SSSR count). The summed E-state index contributed by atoms with van der Waals surface area (Å²) in [6.07, 6.45) is 4.27. The van der Waals surface area contributed by atoms with E-state index in [0.717, 1.165) is 11.3 Å². The molecule has 2 amide bonds. The summed E-state index contributed by atoms with van der Waals surface area (Å²) in [5.41, 5.74) is 0.139. The molecule has 2 N–H and O–H groups in total. The van der Waals surface area contributed by atoms with Crippen LogP contribution in [0.2, 0.25) is 0 Å². The summed E-state index contributed by atoms with van der Waals surface area (Å²) in [5, 5.41) is 6.11. The minimum absolute atomic E-state index is 0.0267. The molecule has 0 aliphatic rings. The second kappa shape index (κ2) is 13.1. The summed E-state index contributed by atoms with van der Waals surface area (Å²) in [7, 11) is 0. The van der Waals surface area contributed by atoms with Crippen LogP contribution in [-0.4, -0.2) is 33.7 Å². The zero-order chi connectivity index (χ0) is 26.1. The fourth-order valence-electron chi connectivity index (χ4n) is 3.91. The van der Waals surface area contributed by atoms with Crippen LogP contribution in [0.3, 0.4) is 0 Å². The van der Waals surface area contributed by atoms with Gasteiger partial charge < -0.3 is 10.6 Å². The Morgan fingerprint density at radius 1 is 0.972 bits per heavy atom. The predicted molar refractivity (Wildman–Crippen MR) is 146 cm³/mol. The molecule has 0 spiro atoms. The number of hydrogen-bond acceptors (Lipinski definition) is 5. The molecule has 0 aliphatic carbocycles. The number of aromatic nitrogens is 2. The first-order valence-electron chi connectivity index (χ1n) is 12.2. The molecule has 1 heterocycles. The lowest BCUT2D eigenvalue weighted by Gasteiger charge is -2.14. The van der Waals surface area contributed by atoms with Crippen molar-refractivity contribution in [3.8, 4) is 0 Å². The molecule has 8 nitrogen and oxygen atoms in total. The molecule has 0 fully saturated rings. The van der Waals surface area contributed by atoms with E-state index >= 15 is 0 Å². The van der Waals surface area contributed by atoms with Gasteiger partial charge in [-0.25, -0.2) is 4.79 Å². The number of amides is 2. The third-order valence-corrected chi connectivity index (χ3v) is 6.59. The number of carbonyl (C=O) groups excluding carboxylic acids is 2. The van der Waals surface area contributed by atoms with Crippen LogP contribution < -0.4 is 21.9 Å². The largest absolute Gasteiger partial charge is 0.356 e. The van der Waals surface area contributed by atoms with Gasteiger partial charge in [-0.1, -0.05) is 32.0 Å². The molecule has 9 heteroatoms. The fourth-order valence-corrected chi connectivity index (χ4v) is 4.37. The molecule has 0 bridgehead atoms. The Hall–Kier alpha value is -3.33. The average molecular weight is 511 g/mol. The second-order valence-electron chi connectivity index (χ2n) is 9.11. The number of fused-ring (bicyclic) bond motifs is 1. The zero-order valence-corrected chi connectivity index (χ0v) is 21.9. The Balaban J connectivity index is 1.73. The Morgan fingerprint density at radius 2 is 1.75 bits per heavy atom. The van der Waals surface area contributed by atoms with E-state index in [1.54, 1.807) is 42.1 Å². The van der Waals surface area contributed by atoms with Crippen molar-refractivity contribution in [2.24, 2.45) is 5.92 Å². The molecular formula is C27H34N4O4S. The Labute approximate surface area is 215 Å². The van der Waals surface area contributed by atoms with Gasteiger partial charge in [0.15, 0.2) is 0 Å². The van der Waals surface area contributed by atoms with Crippen molar-refractivity contribution in [3.63, 3.8) is 0 Å². The maximum atomic E-state index is 13.3. The van der Waals surface area contributed by atoms with Crippen LogP contribution >= 0.6 is 11.8 Å². The van der Waals surface area contributed by atoms with Gasteiger partial charge in [0.05, 0.1) is 10.9 Å². The van der Waals surface area contributed by atoms with Crippen LogP contribution in [0.25, 0.3) is 10.9 Å². The van der Waals surface area contributed by atoms with E-state index in [1.807, 2.05) is 24.5 Å². The highest BCUT2D eigenvalue weighted by molar-refractivity contribution is 7.98. The summed E-state index contributed by atoms with van der Waals surface area (Å²) in [6, 6.07) is 14.3. The fraction of sp³-hybridized carbons (Fsp3) is 0.407. The molecule has 0 saturated heterocycles. The van der Waals surface area contributed by atoms with Crippen LogP contribution in [-0.2, 0) is 22.7 Å². The molecule has 0 aliphatic heterocycles. The molecule has 0 radical (unpaired) electrons. The Bertz CT molecular complexity index is 1330. The maximum absolute atomic E-state index is 13.3. The molecule has 36 heavy (non-hydrogen) atoms. The summed E-state index contributed by atoms with van der Waals surface area (Å²) < 4.78 is 2.50. The van der Waals surface area contributed by atoms with Crippen molar-refractivity contribution in [3.05, 3.63) is 69.4 Å². The van der Waals surface area contributed by atoms with Crippen LogP contribution in [0, 0.1) is 5.92 Å². The second-order valence-corrected chi connectivity index (χ2v) is 9.99. The highest BCUT2D eigenvalue weighted by Gasteiger charge is 2.15. The average Bonchev–Trinajstić information content (AvgIpc) is 2.86. The minimum Gasteiger partial charge on any atom is -0.356 e. The summed E-state index contributed by atoms with van der Waals surface area (Å²) in [5.74, 6) is 0.139. The highest BCUT2D eigenvalue weighted by atomic mass is 32.2. The van der Waals surface area contributed by atoms with Crippen molar-refractivity contribution in [1.29, 1.82) is 0 Å². The first-order valence-corrected chi connectivity index (χ1v) is 13.5. The van der Waals surface area contributed by atoms with Gasteiger partial charge in [0.1, 0.15) is 6.54 Å².